The topological polar surface area (TPSA) is 105 Å². The van der Waals surface area contributed by atoms with Crippen molar-refractivity contribution < 1.29 is 8.42 Å². The molecule has 2 rings (SSSR count). The maximum Gasteiger partial charge on any atom is 0.265 e. The smallest absolute Gasteiger partial charge is 0.265 e. The summed E-state index contributed by atoms with van der Waals surface area (Å²) in [4.78, 5) is 0.137. The molecule has 0 spiro atoms. The quantitative estimate of drug-likeness (QED) is 0.622. The van der Waals surface area contributed by atoms with E-state index in [1.165, 1.54) is 24.8 Å². The van der Waals surface area contributed by atoms with Crippen LogP contribution in [0.15, 0.2) is 29.7 Å². The normalized spacial score (nSPS) is 11.6. The summed E-state index contributed by atoms with van der Waals surface area (Å²) in [5, 5.41) is 13.3. The van der Waals surface area contributed by atoms with Crippen LogP contribution in [-0.4, -0.2) is 42.0 Å². The third-order valence-electron chi connectivity index (χ3n) is 2.48. The summed E-state index contributed by atoms with van der Waals surface area (Å²) in [6, 6.07) is 0. The van der Waals surface area contributed by atoms with Gasteiger partial charge in [-0.2, -0.15) is 10.2 Å². The average Bonchev–Trinajstić information content (AvgIpc) is 3.00. The minimum Gasteiger partial charge on any atom is -0.320 e. The van der Waals surface area contributed by atoms with Crippen LogP contribution in [0.25, 0.3) is 0 Å². The molecule has 0 unspecified atom stereocenters. The molecule has 9 heteroatoms. The summed E-state index contributed by atoms with van der Waals surface area (Å²) in [6.45, 7) is 1.53. The van der Waals surface area contributed by atoms with Crippen molar-refractivity contribution in [1.82, 2.24) is 25.3 Å². The van der Waals surface area contributed by atoms with Gasteiger partial charge in [-0.05, 0) is 20.0 Å². The van der Waals surface area contributed by atoms with Crippen molar-refractivity contribution in [3.63, 3.8) is 0 Å². The molecule has 0 saturated heterocycles. The van der Waals surface area contributed by atoms with E-state index in [2.05, 4.69) is 25.3 Å². The number of nitrogens with one attached hydrogen (secondary N) is 3. The van der Waals surface area contributed by atoms with Crippen molar-refractivity contribution in [3.05, 3.63) is 24.8 Å². The molecular formula is C10H16N6O2S. The highest BCUT2D eigenvalue weighted by molar-refractivity contribution is 7.92. The number of nitrogens with zero attached hydrogens (tertiary/aromatic N) is 3. The van der Waals surface area contributed by atoms with E-state index < -0.39 is 10.0 Å². The van der Waals surface area contributed by atoms with Gasteiger partial charge in [0.2, 0.25) is 0 Å². The minimum atomic E-state index is -3.60. The SMILES string of the molecule is CNCCCn1cc(S(=O)(=O)Nc2cn[nH]c2)cn1. The number of hydrogen-bond acceptors (Lipinski definition) is 5. The second-order valence-electron chi connectivity index (χ2n) is 3.99. The van der Waals surface area contributed by atoms with Crippen molar-refractivity contribution >= 4 is 15.7 Å². The molecule has 19 heavy (non-hydrogen) atoms. The van der Waals surface area contributed by atoms with Gasteiger partial charge in [0, 0.05) is 18.9 Å². The number of aromatic amines is 1. The monoisotopic (exact) mass is 284 g/mol. The molecule has 2 aromatic rings. The highest BCUT2D eigenvalue weighted by atomic mass is 32.2. The molecule has 2 heterocycles. The van der Waals surface area contributed by atoms with Crippen molar-refractivity contribution in [2.24, 2.45) is 0 Å². The predicted octanol–water partition coefficient (Wildman–Crippen LogP) is 0.0165. The Balaban J connectivity index is 2.04. The van der Waals surface area contributed by atoms with Gasteiger partial charge in [-0.3, -0.25) is 14.5 Å². The Morgan fingerprint density at radius 1 is 1.42 bits per heavy atom. The van der Waals surface area contributed by atoms with Crippen LogP contribution in [0.2, 0.25) is 0 Å². The summed E-state index contributed by atoms with van der Waals surface area (Å²) >= 11 is 0. The Kier molecular flexibility index (Phi) is 4.17. The molecule has 0 aliphatic heterocycles. The molecule has 0 bridgehead atoms. The van der Waals surface area contributed by atoms with Gasteiger partial charge in [0.1, 0.15) is 4.90 Å². The standard InChI is InChI=1S/C10H16N6O2S/c1-11-3-2-4-16-8-10(7-14-16)19(17,18)15-9-5-12-13-6-9/h5-8,11,15H,2-4H2,1H3,(H,12,13). The van der Waals surface area contributed by atoms with Crippen molar-refractivity contribution in [1.29, 1.82) is 0 Å². The zero-order chi connectivity index (χ0) is 13.7. The summed E-state index contributed by atoms with van der Waals surface area (Å²) in [7, 11) is -1.73. The van der Waals surface area contributed by atoms with E-state index in [4.69, 9.17) is 0 Å². The highest BCUT2D eigenvalue weighted by Gasteiger charge is 2.16. The molecule has 104 valence electrons. The summed E-state index contributed by atoms with van der Waals surface area (Å²) in [5.74, 6) is 0. The second-order valence-corrected chi connectivity index (χ2v) is 5.67. The summed E-state index contributed by atoms with van der Waals surface area (Å²) in [5.41, 5.74) is 0.392. The van der Waals surface area contributed by atoms with E-state index in [1.807, 2.05) is 7.05 Å². The number of aromatic nitrogens is 4. The number of anilines is 1. The Morgan fingerprint density at radius 3 is 2.95 bits per heavy atom. The Hall–Kier alpha value is -1.87. The van der Waals surface area contributed by atoms with Gasteiger partial charge < -0.3 is 5.32 Å². The zero-order valence-electron chi connectivity index (χ0n) is 10.5. The van der Waals surface area contributed by atoms with Crippen LogP contribution < -0.4 is 10.0 Å². The van der Waals surface area contributed by atoms with Gasteiger partial charge in [0.15, 0.2) is 0 Å². The number of H-pyrrole nitrogens is 1. The van der Waals surface area contributed by atoms with Gasteiger partial charge in [-0.1, -0.05) is 0 Å². The number of hydrogen-bond donors (Lipinski definition) is 3. The van der Waals surface area contributed by atoms with E-state index in [1.54, 1.807) is 4.68 Å². The van der Waals surface area contributed by atoms with Gasteiger partial charge in [0.25, 0.3) is 10.0 Å². The van der Waals surface area contributed by atoms with Gasteiger partial charge in [-0.15, -0.1) is 0 Å². The summed E-state index contributed by atoms with van der Waals surface area (Å²) < 4.78 is 28.1. The third-order valence-corrected chi connectivity index (χ3v) is 3.82. The van der Waals surface area contributed by atoms with Gasteiger partial charge >= 0.3 is 0 Å². The number of rotatable bonds is 7. The van der Waals surface area contributed by atoms with Crippen molar-refractivity contribution in [3.8, 4) is 0 Å². The first-order valence-electron chi connectivity index (χ1n) is 5.80. The molecule has 0 atom stereocenters. The minimum absolute atomic E-state index is 0.137. The molecule has 0 saturated carbocycles. The fraction of sp³-hybridized carbons (Fsp3) is 0.400. The molecule has 0 amide bonds. The van der Waals surface area contributed by atoms with Crippen LogP contribution in [0, 0.1) is 0 Å². The molecule has 2 aromatic heterocycles. The van der Waals surface area contributed by atoms with Crippen LogP contribution in [0.4, 0.5) is 5.69 Å². The molecule has 0 radical (unpaired) electrons. The van der Waals surface area contributed by atoms with Gasteiger partial charge in [0.05, 0.1) is 18.1 Å². The molecule has 8 nitrogen and oxygen atoms in total. The van der Waals surface area contributed by atoms with E-state index in [-0.39, 0.29) is 4.90 Å². The first kappa shape index (κ1) is 13.6. The van der Waals surface area contributed by atoms with E-state index in [0.29, 0.717) is 12.2 Å². The maximum absolute atomic E-state index is 12.0. The fourth-order valence-electron chi connectivity index (χ4n) is 1.54. The van der Waals surface area contributed by atoms with Crippen LogP contribution in [0.1, 0.15) is 6.42 Å². The fourth-order valence-corrected chi connectivity index (χ4v) is 2.53. The predicted molar refractivity (Wildman–Crippen MR) is 70.2 cm³/mol. The largest absolute Gasteiger partial charge is 0.320 e. The van der Waals surface area contributed by atoms with E-state index in [0.717, 1.165) is 13.0 Å². The van der Waals surface area contributed by atoms with Gasteiger partial charge in [-0.25, -0.2) is 8.42 Å². The molecule has 0 aliphatic rings. The van der Waals surface area contributed by atoms with E-state index >= 15 is 0 Å². The van der Waals surface area contributed by atoms with Crippen molar-refractivity contribution in [2.45, 2.75) is 17.9 Å². The first-order valence-corrected chi connectivity index (χ1v) is 7.29. The van der Waals surface area contributed by atoms with Crippen LogP contribution in [-0.2, 0) is 16.6 Å². The molecule has 0 aromatic carbocycles. The maximum atomic E-state index is 12.0. The number of sulfonamides is 1. The van der Waals surface area contributed by atoms with Crippen LogP contribution in [0.5, 0.6) is 0 Å². The lowest BCUT2D eigenvalue weighted by Gasteiger charge is -2.02. The lowest BCUT2D eigenvalue weighted by Crippen LogP contribution is -2.12. The number of aryl methyl sites for hydroxylation is 1. The molecule has 3 N–H and O–H groups in total. The Morgan fingerprint density at radius 2 is 2.26 bits per heavy atom. The third kappa shape index (κ3) is 3.55. The highest BCUT2D eigenvalue weighted by Crippen LogP contribution is 2.13. The van der Waals surface area contributed by atoms with E-state index in [9.17, 15) is 8.42 Å². The summed E-state index contributed by atoms with van der Waals surface area (Å²) in [6.07, 6.45) is 6.59. The average molecular weight is 284 g/mol. The Bertz CT molecular complexity index is 604. The lowest BCUT2D eigenvalue weighted by atomic mass is 10.4. The molecular weight excluding hydrogens is 268 g/mol. The molecule has 0 aliphatic carbocycles. The van der Waals surface area contributed by atoms with Crippen molar-refractivity contribution in [2.75, 3.05) is 18.3 Å². The molecule has 0 fully saturated rings. The lowest BCUT2D eigenvalue weighted by molar-refractivity contribution is 0.561. The second kappa shape index (κ2) is 5.85. The Labute approximate surface area is 111 Å². The van der Waals surface area contributed by atoms with Crippen LogP contribution >= 0.6 is 0 Å². The van der Waals surface area contributed by atoms with Crippen LogP contribution in [0.3, 0.4) is 0 Å². The zero-order valence-corrected chi connectivity index (χ0v) is 11.3. The first-order chi connectivity index (χ1) is 9.12.